The lowest BCUT2D eigenvalue weighted by molar-refractivity contribution is -0.145. The van der Waals surface area contributed by atoms with Gasteiger partial charge < -0.3 is 14.4 Å². The molecule has 0 saturated heterocycles. The van der Waals surface area contributed by atoms with Gasteiger partial charge in [-0.05, 0) is 17.2 Å². The van der Waals surface area contributed by atoms with Gasteiger partial charge in [0.05, 0.1) is 6.61 Å². The molecule has 1 aliphatic rings. The van der Waals surface area contributed by atoms with Gasteiger partial charge in [-0.2, -0.15) is 0 Å². The van der Waals surface area contributed by atoms with Gasteiger partial charge in [-0.15, -0.1) is 0 Å². The molecule has 0 spiro atoms. The standard InChI is InChI=1S/C14H17NO3/c1-17-8-9-18-14(16)11-15-7-6-12-4-2-3-5-13(12)10-15/h2-7H,8-11H2,1H3. The van der Waals surface area contributed by atoms with Crippen molar-refractivity contribution in [3.8, 4) is 0 Å². The Kier molecular flexibility index (Phi) is 4.36. The zero-order valence-electron chi connectivity index (χ0n) is 10.5. The zero-order valence-corrected chi connectivity index (χ0v) is 10.5. The first-order valence-electron chi connectivity index (χ1n) is 5.94. The third-order valence-corrected chi connectivity index (χ3v) is 2.78. The lowest BCUT2D eigenvalue weighted by atomic mass is 10.0. The predicted octanol–water partition coefficient (Wildman–Crippen LogP) is 1.66. The summed E-state index contributed by atoms with van der Waals surface area (Å²) in [7, 11) is 1.58. The molecule has 0 unspecified atom stereocenters. The van der Waals surface area contributed by atoms with Crippen molar-refractivity contribution < 1.29 is 14.3 Å². The Morgan fingerprint density at radius 3 is 3.00 bits per heavy atom. The molecule has 0 bridgehead atoms. The van der Waals surface area contributed by atoms with Crippen LogP contribution in [0.5, 0.6) is 0 Å². The molecule has 0 fully saturated rings. The largest absolute Gasteiger partial charge is 0.462 e. The van der Waals surface area contributed by atoms with E-state index in [9.17, 15) is 4.79 Å². The fraction of sp³-hybridized carbons (Fsp3) is 0.357. The summed E-state index contributed by atoms with van der Waals surface area (Å²) in [5, 5.41) is 0. The van der Waals surface area contributed by atoms with E-state index >= 15 is 0 Å². The van der Waals surface area contributed by atoms with Crippen LogP contribution in [0.4, 0.5) is 0 Å². The topological polar surface area (TPSA) is 38.8 Å². The molecule has 1 aliphatic heterocycles. The minimum Gasteiger partial charge on any atom is -0.462 e. The van der Waals surface area contributed by atoms with Gasteiger partial charge in [0.1, 0.15) is 13.2 Å². The Morgan fingerprint density at radius 2 is 2.17 bits per heavy atom. The monoisotopic (exact) mass is 247 g/mol. The molecule has 0 atom stereocenters. The molecule has 2 rings (SSSR count). The Hall–Kier alpha value is -1.81. The highest BCUT2D eigenvalue weighted by atomic mass is 16.6. The Balaban J connectivity index is 1.85. The SMILES string of the molecule is COCCOC(=O)CN1C=Cc2ccccc2C1. The highest BCUT2D eigenvalue weighted by Gasteiger charge is 2.13. The van der Waals surface area contributed by atoms with Crippen LogP contribution in [0.15, 0.2) is 30.5 Å². The van der Waals surface area contributed by atoms with Crippen LogP contribution >= 0.6 is 0 Å². The second kappa shape index (κ2) is 6.21. The first-order valence-corrected chi connectivity index (χ1v) is 5.94. The zero-order chi connectivity index (χ0) is 12.8. The fourth-order valence-electron chi connectivity index (χ4n) is 1.86. The summed E-state index contributed by atoms with van der Waals surface area (Å²) in [6.45, 7) is 1.76. The first kappa shape index (κ1) is 12.6. The van der Waals surface area contributed by atoms with Crippen molar-refractivity contribution in [1.82, 2.24) is 4.90 Å². The van der Waals surface area contributed by atoms with E-state index < -0.39 is 0 Å². The van der Waals surface area contributed by atoms with Crippen molar-refractivity contribution in [1.29, 1.82) is 0 Å². The molecular weight excluding hydrogens is 230 g/mol. The van der Waals surface area contributed by atoms with Crippen LogP contribution in [0, 0.1) is 0 Å². The lowest BCUT2D eigenvalue weighted by Crippen LogP contribution is -2.28. The van der Waals surface area contributed by atoms with E-state index in [1.807, 2.05) is 29.3 Å². The number of nitrogens with zero attached hydrogens (tertiary/aromatic N) is 1. The van der Waals surface area contributed by atoms with Gasteiger partial charge in [0.15, 0.2) is 0 Å². The maximum atomic E-state index is 11.5. The van der Waals surface area contributed by atoms with Crippen molar-refractivity contribution in [3.63, 3.8) is 0 Å². The summed E-state index contributed by atoms with van der Waals surface area (Å²) in [6, 6.07) is 8.16. The molecule has 0 aromatic heterocycles. The molecule has 1 aromatic carbocycles. The van der Waals surface area contributed by atoms with Crippen LogP contribution < -0.4 is 0 Å². The van der Waals surface area contributed by atoms with Crippen LogP contribution in [-0.2, 0) is 20.8 Å². The number of methoxy groups -OCH3 is 1. The van der Waals surface area contributed by atoms with Crippen LogP contribution in [0.25, 0.3) is 6.08 Å². The van der Waals surface area contributed by atoms with Crippen LogP contribution in [0.1, 0.15) is 11.1 Å². The summed E-state index contributed by atoms with van der Waals surface area (Å²) in [4.78, 5) is 13.5. The second-order valence-corrected chi connectivity index (χ2v) is 4.13. The van der Waals surface area contributed by atoms with Crippen LogP contribution in [-0.4, -0.2) is 37.7 Å². The number of hydrogen-bond acceptors (Lipinski definition) is 4. The van der Waals surface area contributed by atoms with Gasteiger partial charge in [0, 0.05) is 19.9 Å². The first-order chi connectivity index (χ1) is 8.79. The number of hydrogen-bond donors (Lipinski definition) is 0. The van der Waals surface area contributed by atoms with Crippen LogP contribution in [0.2, 0.25) is 0 Å². The predicted molar refractivity (Wildman–Crippen MR) is 68.7 cm³/mol. The van der Waals surface area contributed by atoms with Crippen molar-refractivity contribution in [2.45, 2.75) is 6.54 Å². The Morgan fingerprint density at radius 1 is 1.33 bits per heavy atom. The third-order valence-electron chi connectivity index (χ3n) is 2.78. The third kappa shape index (κ3) is 3.34. The average Bonchev–Trinajstić information content (AvgIpc) is 2.39. The molecule has 0 amide bonds. The summed E-state index contributed by atoms with van der Waals surface area (Å²) < 4.78 is 9.86. The summed E-state index contributed by atoms with van der Waals surface area (Å²) in [5.74, 6) is -0.226. The number of benzene rings is 1. The highest BCUT2D eigenvalue weighted by Crippen LogP contribution is 2.18. The molecule has 18 heavy (non-hydrogen) atoms. The molecule has 4 nitrogen and oxygen atoms in total. The molecule has 1 aromatic rings. The van der Waals surface area contributed by atoms with E-state index in [0.29, 0.717) is 13.2 Å². The number of carbonyl (C=O) groups excluding carboxylic acids is 1. The number of ether oxygens (including phenoxy) is 2. The highest BCUT2D eigenvalue weighted by molar-refractivity contribution is 5.72. The normalized spacial score (nSPS) is 13.3. The molecule has 96 valence electrons. The molecule has 0 radical (unpaired) electrons. The maximum Gasteiger partial charge on any atom is 0.325 e. The van der Waals surface area contributed by atoms with E-state index in [2.05, 4.69) is 12.1 Å². The van der Waals surface area contributed by atoms with Crippen molar-refractivity contribution in [3.05, 3.63) is 41.6 Å². The summed E-state index contributed by atoms with van der Waals surface area (Å²) >= 11 is 0. The van der Waals surface area contributed by atoms with Crippen molar-refractivity contribution in [2.75, 3.05) is 26.9 Å². The van der Waals surface area contributed by atoms with Crippen molar-refractivity contribution >= 4 is 12.0 Å². The van der Waals surface area contributed by atoms with Gasteiger partial charge >= 0.3 is 5.97 Å². The van der Waals surface area contributed by atoms with E-state index in [-0.39, 0.29) is 12.5 Å². The minimum atomic E-state index is -0.226. The van der Waals surface area contributed by atoms with E-state index in [1.54, 1.807) is 7.11 Å². The average molecular weight is 247 g/mol. The number of carbonyl (C=O) groups is 1. The smallest absolute Gasteiger partial charge is 0.325 e. The van der Waals surface area contributed by atoms with Gasteiger partial charge in [-0.25, -0.2) is 0 Å². The molecular formula is C14H17NO3. The molecule has 1 heterocycles. The van der Waals surface area contributed by atoms with Gasteiger partial charge in [-0.1, -0.05) is 24.3 Å². The van der Waals surface area contributed by atoms with E-state index in [1.165, 1.54) is 11.1 Å². The second-order valence-electron chi connectivity index (χ2n) is 4.13. The minimum absolute atomic E-state index is 0.226. The summed E-state index contributed by atoms with van der Waals surface area (Å²) in [6.07, 6.45) is 3.95. The van der Waals surface area contributed by atoms with Gasteiger partial charge in [-0.3, -0.25) is 4.79 Å². The molecule has 0 aliphatic carbocycles. The number of fused-ring (bicyclic) bond motifs is 1. The molecule has 4 heteroatoms. The Labute approximate surface area is 107 Å². The maximum absolute atomic E-state index is 11.5. The number of esters is 1. The lowest BCUT2D eigenvalue weighted by Gasteiger charge is -2.24. The van der Waals surface area contributed by atoms with E-state index in [4.69, 9.17) is 9.47 Å². The van der Waals surface area contributed by atoms with E-state index in [0.717, 1.165) is 6.54 Å². The summed E-state index contributed by atoms with van der Waals surface area (Å²) in [5.41, 5.74) is 2.44. The van der Waals surface area contributed by atoms with Crippen molar-refractivity contribution in [2.24, 2.45) is 0 Å². The van der Waals surface area contributed by atoms with Gasteiger partial charge in [0.2, 0.25) is 0 Å². The quantitative estimate of drug-likeness (QED) is 0.586. The molecule has 0 N–H and O–H groups in total. The Bertz CT molecular complexity index is 442. The van der Waals surface area contributed by atoms with Gasteiger partial charge in [0.25, 0.3) is 0 Å². The molecule has 0 saturated carbocycles. The van der Waals surface area contributed by atoms with Crippen LogP contribution in [0.3, 0.4) is 0 Å². The number of rotatable bonds is 5. The fourth-order valence-corrected chi connectivity index (χ4v) is 1.86.